The molecule has 11 heteroatoms. The molecule has 3 aromatic rings. The van der Waals surface area contributed by atoms with Crippen LogP contribution in [0.1, 0.15) is 5.82 Å². The fraction of sp³-hybridized carbons (Fsp3) is 0.158. The molecular formula is C19H16ClF2N5O2S. The van der Waals surface area contributed by atoms with Gasteiger partial charge in [-0.15, -0.1) is 10.2 Å². The van der Waals surface area contributed by atoms with Gasteiger partial charge in [0.05, 0.1) is 17.2 Å². The van der Waals surface area contributed by atoms with Crippen LogP contribution in [-0.4, -0.2) is 32.3 Å². The van der Waals surface area contributed by atoms with Gasteiger partial charge >= 0.3 is 0 Å². The zero-order chi connectivity index (χ0) is 21.7. The second-order valence-electron chi connectivity index (χ2n) is 6.16. The van der Waals surface area contributed by atoms with Gasteiger partial charge in [0.2, 0.25) is 11.8 Å². The molecule has 0 unspecified atom stereocenters. The summed E-state index contributed by atoms with van der Waals surface area (Å²) in [6, 6.07) is 9.30. The van der Waals surface area contributed by atoms with Crippen LogP contribution in [0.5, 0.6) is 0 Å². The maximum Gasteiger partial charge on any atom is 0.234 e. The molecule has 2 aromatic carbocycles. The van der Waals surface area contributed by atoms with Crippen LogP contribution >= 0.6 is 23.4 Å². The Morgan fingerprint density at radius 3 is 2.40 bits per heavy atom. The molecule has 0 aliphatic carbocycles. The summed E-state index contributed by atoms with van der Waals surface area (Å²) in [4.78, 5) is 24.2. The molecule has 0 radical (unpaired) electrons. The molecule has 0 atom stereocenters. The number of nitrogens with zero attached hydrogens (tertiary/aromatic N) is 3. The van der Waals surface area contributed by atoms with Crippen LogP contribution < -0.4 is 10.6 Å². The lowest BCUT2D eigenvalue weighted by Gasteiger charge is -2.07. The van der Waals surface area contributed by atoms with Crippen LogP contribution in [0.25, 0.3) is 0 Å². The molecule has 0 aliphatic rings. The summed E-state index contributed by atoms with van der Waals surface area (Å²) in [6.07, 6.45) is -0.0400. The third kappa shape index (κ3) is 5.77. The van der Waals surface area contributed by atoms with Gasteiger partial charge in [0.25, 0.3) is 0 Å². The largest absolute Gasteiger partial charge is 0.326 e. The highest BCUT2D eigenvalue weighted by Gasteiger charge is 2.15. The van der Waals surface area contributed by atoms with E-state index in [1.165, 1.54) is 36.4 Å². The quantitative estimate of drug-likeness (QED) is 0.535. The number of carbonyl (C=O) groups excluding carboxylic acids is 2. The van der Waals surface area contributed by atoms with Gasteiger partial charge < -0.3 is 15.2 Å². The van der Waals surface area contributed by atoms with Gasteiger partial charge in [0.1, 0.15) is 17.5 Å². The minimum atomic E-state index is -0.570. The molecule has 2 amide bonds. The minimum Gasteiger partial charge on any atom is -0.326 e. The highest BCUT2D eigenvalue weighted by molar-refractivity contribution is 7.99. The fourth-order valence-electron chi connectivity index (χ4n) is 2.41. The Kier molecular flexibility index (Phi) is 7.01. The number of hydrogen-bond acceptors (Lipinski definition) is 5. The molecule has 3 rings (SSSR count). The molecular weight excluding hydrogens is 436 g/mol. The summed E-state index contributed by atoms with van der Waals surface area (Å²) < 4.78 is 27.7. The Morgan fingerprint density at radius 2 is 1.70 bits per heavy atom. The van der Waals surface area contributed by atoms with Crippen molar-refractivity contribution in [1.29, 1.82) is 0 Å². The number of aromatic nitrogens is 3. The second kappa shape index (κ2) is 9.68. The molecule has 0 spiro atoms. The number of hydrogen-bond donors (Lipinski definition) is 2. The van der Waals surface area contributed by atoms with Gasteiger partial charge in [-0.3, -0.25) is 9.59 Å². The number of nitrogens with one attached hydrogen (secondary N) is 2. The van der Waals surface area contributed by atoms with Gasteiger partial charge in [-0.25, -0.2) is 8.78 Å². The van der Waals surface area contributed by atoms with Crippen molar-refractivity contribution in [3.8, 4) is 0 Å². The van der Waals surface area contributed by atoms with Crippen molar-refractivity contribution in [2.75, 3.05) is 16.4 Å². The van der Waals surface area contributed by atoms with E-state index in [4.69, 9.17) is 11.6 Å². The molecule has 30 heavy (non-hydrogen) atoms. The molecule has 7 nitrogen and oxygen atoms in total. The van der Waals surface area contributed by atoms with Gasteiger partial charge in [-0.1, -0.05) is 23.4 Å². The van der Waals surface area contributed by atoms with Crippen molar-refractivity contribution in [1.82, 2.24) is 14.8 Å². The third-order valence-corrected chi connectivity index (χ3v) is 5.22. The Morgan fingerprint density at radius 1 is 1.03 bits per heavy atom. The van der Waals surface area contributed by atoms with E-state index in [0.29, 0.717) is 22.4 Å². The summed E-state index contributed by atoms with van der Waals surface area (Å²) in [5.74, 6) is -1.19. The van der Waals surface area contributed by atoms with E-state index >= 15 is 0 Å². The lowest BCUT2D eigenvalue weighted by molar-refractivity contribution is -0.116. The van der Waals surface area contributed by atoms with Crippen LogP contribution in [0, 0.1) is 11.6 Å². The van der Waals surface area contributed by atoms with Gasteiger partial charge in [0.15, 0.2) is 5.16 Å². The summed E-state index contributed by atoms with van der Waals surface area (Å²) in [5.41, 5.74) is 0.846. The van der Waals surface area contributed by atoms with E-state index in [0.717, 1.165) is 17.8 Å². The Hall–Kier alpha value is -2.98. The molecule has 0 fully saturated rings. The van der Waals surface area contributed by atoms with E-state index in [9.17, 15) is 18.4 Å². The molecule has 1 aromatic heterocycles. The average Bonchev–Trinajstić information content (AvgIpc) is 3.04. The van der Waals surface area contributed by atoms with Crippen LogP contribution in [0.4, 0.5) is 20.2 Å². The van der Waals surface area contributed by atoms with E-state index in [1.807, 2.05) is 0 Å². The predicted octanol–water partition coefficient (Wildman–Crippen LogP) is 3.66. The summed E-state index contributed by atoms with van der Waals surface area (Å²) in [6.45, 7) is 0. The maximum atomic E-state index is 13.2. The summed E-state index contributed by atoms with van der Waals surface area (Å²) >= 11 is 6.82. The van der Waals surface area contributed by atoms with Crippen LogP contribution in [0.2, 0.25) is 5.02 Å². The number of anilines is 2. The smallest absolute Gasteiger partial charge is 0.234 e. The van der Waals surface area contributed by atoms with E-state index in [-0.39, 0.29) is 29.0 Å². The normalized spacial score (nSPS) is 10.7. The molecule has 2 N–H and O–H groups in total. The Bertz CT molecular complexity index is 1080. The predicted molar refractivity (Wildman–Crippen MR) is 111 cm³/mol. The Labute approximate surface area is 179 Å². The molecule has 0 aliphatic heterocycles. The first-order valence-corrected chi connectivity index (χ1v) is 9.99. The first-order valence-electron chi connectivity index (χ1n) is 8.63. The highest BCUT2D eigenvalue weighted by Crippen LogP contribution is 2.21. The van der Waals surface area contributed by atoms with Crippen molar-refractivity contribution in [2.24, 2.45) is 7.05 Å². The van der Waals surface area contributed by atoms with Gasteiger partial charge in [0, 0.05) is 18.4 Å². The number of carbonyl (C=O) groups is 2. The number of benzene rings is 2. The topological polar surface area (TPSA) is 88.9 Å². The first kappa shape index (κ1) is 21.7. The zero-order valence-electron chi connectivity index (χ0n) is 15.7. The highest BCUT2D eigenvalue weighted by atomic mass is 35.5. The number of halogens is 3. The van der Waals surface area contributed by atoms with E-state index < -0.39 is 11.6 Å². The van der Waals surface area contributed by atoms with Crippen molar-refractivity contribution in [3.05, 3.63) is 64.9 Å². The molecule has 156 valence electrons. The third-order valence-electron chi connectivity index (χ3n) is 3.91. The van der Waals surface area contributed by atoms with Crippen LogP contribution in [0.15, 0.2) is 47.6 Å². The van der Waals surface area contributed by atoms with Gasteiger partial charge in [-0.2, -0.15) is 0 Å². The lowest BCUT2D eigenvalue weighted by Crippen LogP contribution is -2.17. The van der Waals surface area contributed by atoms with Crippen molar-refractivity contribution >= 4 is 46.6 Å². The number of amides is 2. The maximum absolute atomic E-state index is 13.2. The molecule has 0 saturated heterocycles. The standard InChI is InChI=1S/C19H16ClF2N5O2S/c1-27-16(9-17(28)23-12-4-2-11(21)3-5-12)25-26-19(27)30-10-18(29)24-13-6-7-15(22)14(20)8-13/h2-8H,9-10H2,1H3,(H,23,28)(H,24,29). The zero-order valence-corrected chi connectivity index (χ0v) is 17.2. The molecule has 0 saturated carbocycles. The van der Waals surface area contributed by atoms with Crippen LogP contribution in [0.3, 0.4) is 0 Å². The number of rotatable bonds is 7. The van der Waals surface area contributed by atoms with Crippen molar-refractivity contribution in [2.45, 2.75) is 11.6 Å². The molecule has 0 bridgehead atoms. The second-order valence-corrected chi connectivity index (χ2v) is 7.51. The van der Waals surface area contributed by atoms with Crippen LogP contribution in [-0.2, 0) is 23.1 Å². The van der Waals surface area contributed by atoms with E-state index in [2.05, 4.69) is 20.8 Å². The average molecular weight is 452 g/mol. The van der Waals surface area contributed by atoms with Crippen molar-refractivity contribution in [3.63, 3.8) is 0 Å². The Balaban J connectivity index is 1.53. The summed E-state index contributed by atoms with van der Waals surface area (Å²) in [7, 11) is 1.68. The first-order chi connectivity index (χ1) is 14.3. The lowest BCUT2D eigenvalue weighted by atomic mass is 10.3. The monoisotopic (exact) mass is 451 g/mol. The SMILES string of the molecule is Cn1c(CC(=O)Nc2ccc(F)cc2)nnc1SCC(=O)Nc1ccc(F)c(Cl)c1. The summed E-state index contributed by atoms with van der Waals surface area (Å²) in [5, 5.41) is 13.6. The fourth-order valence-corrected chi connectivity index (χ4v) is 3.32. The molecule has 1 heterocycles. The van der Waals surface area contributed by atoms with E-state index in [1.54, 1.807) is 11.6 Å². The number of thioether (sulfide) groups is 1. The minimum absolute atomic E-state index is 0.0305. The van der Waals surface area contributed by atoms with Crippen molar-refractivity contribution < 1.29 is 18.4 Å². The van der Waals surface area contributed by atoms with Gasteiger partial charge in [-0.05, 0) is 42.5 Å².